The first-order chi connectivity index (χ1) is 15.5. The number of amides is 1. The Bertz CT molecular complexity index is 1120. The fraction of sp³-hybridized carbons (Fsp3) is 0.381. The monoisotopic (exact) mass is 484 g/mol. The molecule has 2 aliphatic heterocycles. The van der Waals surface area contributed by atoms with Crippen molar-refractivity contribution in [3.63, 3.8) is 0 Å². The highest BCUT2D eigenvalue weighted by Gasteiger charge is 2.39. The van der Waals surface area contributed by atoms with Crippen LogP contribution >= 0.6 is 0 Å². The molecule has 0 spiro atoms. The van der Waals surface area contributed by atoms with E-state index >= 15 is 0 Å². The molecule has 12 heteroatoms. The summed E-state index contributed by atoms with van der Waals surface area (Å²) in [6.07, 6.45) is -5.77. The smallest absolute Gasteiger partial charge is 0.411 e. The summed E-state index contributed by atoms with van der Waals surface area (Å²) >= 11 is 0. The molecule has 0 radical (unpaired) electrons. The van der Waals surface area contributed by atoms with Gasteiger partial charge in [-0.2, -0.15) is 17.5 Å². The fourth-order valence-corrected chi connectivity index (χ4v) is 5.51. The van der Waals surface area contributed by atoms with Crippen molar-refractivity contribution in [2.75, 3.05) is 59.7 Å². The molecule has 0 aliphatic carbocycles. The SMILES string of the molecule is O=C(O)N1CCN(c2ccc(N3CCN(S(=O)(=O)CC(F)(F)F)CC3)cc2)c2ccccc21. The van der Waals surface area contributed by atoms with Crippen molar-refractivity contribution < 1.29 is 31.5 Å². The molecule has 2 aromatic carbocycles. The first kappa shape index (κ1) is 23.2. The topological polar surface area (TPSA) is 84.4 Å². The number of anilines is 4. The molecule has 2 aliphatic rings. The van der Waals surface area contributed by atoms with Gasteiger partial charge in [0.25, 0.3) is 0 Å². The lowest BCUT2D eigenvalue weighted by atomic mass is 10.1. The Hall–Kier alpha value is -2.99. The summed E-state index contributed by atoms with van der Waals surface area (Å²) in [6, 6.07) is 14.8. The summed E-state index contributed by atoms with van der Waals surface area (Å²) in [5.74, 6) is -1.84. The lowest BCUT2D eigenvalue weighted by molar-refractivity contribution is -0.107. The van der Waals surface area contributed by atoms with E-state index in [4.69, 9.17) is 0 Å². The third kappa shape index (κ3) is 5.01. The first-order valence-corrected chi connectivity index (χ1v) is 11.9. The number of piperazine rings is 1. The van der Waals surface area contributed by atoms with Crippen LogP contribution in [0.3, 0.4) is 0 Å². The zero-order valence-corrected chi connectivity index (χ0v) is 18.4. The van der Waals surface area contributed by atoms with Gasteiger partial charge in [-0.3, -0.25) is 4.90 Å². The van der Waals surface area contributed by atoms with E-state index < -0.39 is 28.0 Å². The second kappa shape index (κ2) is 8.75. The van der Waals surface area contributed by atoms with Gasteiger partial charge in [0.1, 0.15) is 0 Å². The fourth-order valence-electron chi connectivity index (χ4n) is 4.19. The molecule has 0 atom stereocenters. The zero-order chi connectivity index (χ0) is 23.8. The van der Waals surface area contributed by atoms with E-state index in [2.05, 4.69) is 0 Å². The van der Waals surface area contributed by atoms with Gasteiger partial charge in [-0.15, -0.1) is 0 Å². The quantitative estimate of drug-likeness (QED) is 0.717. The van der Waals surface area contributed by atoms with Gasteiger partial charge in [0.05, 0.1) is 11.4 Å². The highest BCUT2D eigenvalue weighted by atomic mass is 32.2. The first-order valence-electron chi connectivity index (χ1n) is 10.3. The van der Waals surface area contributed by atoms with Gasteiger partial charge < -0.3 is 14.9 Å². The van der Waals surface area contributed by atoms with Crippen molar-refractivity contribution in [2.45, 2.75) is 6.18 Å². The zero-order valence-electron chi connectivity index (χ0n) is 17.6. The van der Waals surface area contributed by atoms with Crippen LogP contribution in [0, 0.1) is 0 Å². The number of rotatable bonds is 4. The van der Waals surface area contributed by atoms with E-state index in [1.807, 2.05) is 46.2 Å². The Morgan fingerprint density at radius 3 is 2.00 bits per heavy atom. The lowest BCUT2D eigenvalue weighted by Crippen LogP contribution is -2.50. The van der Waals surface area contributed by atoms with Crippen LogP contribution in [0.2, 0.25) is 0 Å². The molecule has 178 valence electrons. The number of para-hydroxylation sites is 2. The molecule has 0 unspecified atom stereocenters. The lowest BCUT2D eigenvalue weighted by Gasteiger charge is -2.37. The number of carboxylic acid groups (broad SMARTS) is 1. The number of benzene rings is 2. The molecule has 4 rings (SSSR count). The second-order valence-electron chi connectivity index (χ2n) is 7.85. The summed E-state index contributed by atoms with van der Waals surface area (Å²) in [5.41, 5.74) is 3.10. The molecule has 1 N–H and O–H groups in total. The van der Waals surface area contributed by atoms with E-state index in [1.165, 1.54) is 4.90 Å². The van der Waals surface area contributed by atoms with E-state index in [0.29, 0.717) is 18.8 Å². The van der Waals surface area contributed by atoms with Crippen LogP contribution in [0.15, 0.2) is 48.5 Å². The number of halogens is 3. The maximum absolute atomic E-state index is 12.5. The van der Waals surface area contributed by atoms with E-state index in [1.54, 1.807) is 12.1 Å². The molecule has 0 saturated carbocycles. The van der Waals surface area contributed by atoms with E-state index in [0.717, 1.165) is 21.4 Å². The average molecular weight is 485 g/mol. The predicted molar refractivity (Wildman–Crippen MR) is 119 cm³/mol. The summed E-state index contributed by atoms with van der Waals surface area (Å²) in [6.45, 7) is 1.36. The molecule has 2 aromatic rings. The van der Waals surface area contributed by atoms with Crippen molar-refractivity contribution in [1.82, 2.24) is 4.31 Å². The third-order valence-electron chi connectivity index (χ3n) is 5.75. The van der Waals surface area contributed by atoms with Gasteiger partial charge in [0.2, 0.25) is 10.0 Å². The molecule has 0 aromatic heterocycles. The molecule has 1 amide bonds. The number of hydrogen-bond donors (Lipinski definition) is 1. The molecule has 2 heterocycles. The molecular formula is C21H23F3N4O4S. The Balaban J connectivity index is 1.45. The maximum Gasteiger partial charge on any atom is 0.411 e. The van der Waals surface area contributed by atoms with Gasteiger partial charge in [0.15, 0.2) is 5.75 Å². The highest BCUT2D eigenvalue weighted by Crippen LogP contribution is 2.38. The normalized spacial score (nSPS) is 17.7. The number of carbonyl (C=O) groups is 1. The molecule has 8 nitrogen and oxygen atoms in total. The highest BCUT2D eigenvalue weighted by molar-refractivity contribution is 7.89. The summed E-state index contributed by atoms with van der Waals surface area (Å²) < 4.78 is 62.5. The van der Waals surface area contributed by atoms with Crippen molar-refractivity contribution in [3.05, 3.63) is 48.5 Å². The Morgan fingerprint density at radius 2 is 1.42 bits per heavy atom. The van der Waals surface area contributed by atoms with Crippen LogP contribution in [0.5, 0.6) is 0 Å². The molecular weight excluding hydrogens is 461 g/mol. The Morgan fingerprint density at radius 1 is 0.848 bits per heavy atom. The van der Waals surface area contributed by atoms with Crippen LogP contribution in [0.25, 0.3) is 0 Å². The van der Waals surface area contributed by atoms with Gasteiger partial charge >= 0.3 is 12.3 Å². The minimum Gasteiger partial charge on any atom is -0.465 e. The second-order valence-corrected chi connectivity index (χ2v) is 9.82. The average Bonchev–Trinajstić information content (AvgIpc) is 2.77. The van der Waals surface area contributed by atoms with Crippen LogP contribution in [-0.2, 0) is 10.0 Å². The Kier molecular flexibility index (Phi) is 6.14. The van der Waals surface area contributed by atoms with Crippen LogP contribution < -0.4 is 14.7 Å². The van der Waals surface area contributed by atoms with Gasteiger partial charge in [-0.25, -0.2) is 13.2 Å². The third-order valence-corrected chi connectivity index (χ3v) is 7.59. The molecule has 1 fully saturated rings. The molecule has 1 saturated heterocycles. The van der Waals surface area contributed by atoms with Crippen molar-refractivity contribution in [2.24, 2.45) is 0 Å². The number of alkyl halides is 3. The van der Waals surface area contributed by atoms with Crippen molar-refractivity contribution in [1.29, 1.82) is 0 Å². The Labute approximate surface area is 189 Å². The minimum absolute atomic E-state index is 0.00924. The standard InChI is InChI=1S/C21H23F3N4O4S/c22-21(23,24)15-33(31,32)26-11-9-25(10-12-26)16-5-7-17(8-6-16)27-13-14-28(20(29)30)19-4-2-1-3-18(19)27/h1-8H,9-15H2,(H,29,30). The predicted octanol–water partition coefficient (Wildman–Crippen LogP) is 3.34. The molecule has 0 bridgehead atoms. The largest absolute Gasteiger partial charge is 0.465 e. The minimum atomic E-state index is -4.76. The van der Waals surface area contributed by atoms with Gasteiger partial charge in [0, 0.05) is 50.6 Å². The summed E-state index contributed by atoms with van der Waals surface area (Å²) in [4.78, 5) is 16.8. The number of sulfonamides is 1. The summed E-state index contributed by atoms with van der Waals surface area (Å²) in [7, 11) is -4.38. The van der Waals surface area contributed by atoms with Gasteiger partial charge in [-0.05, 0) is 36.4 Å². The summed E-state index contributed by atoms with van der Waals surface area (Å²) in [5, 5.41) is 9.45. The van der Waals surface area contributed by atoms with E-state index in [-0.39, 0.29) is 26.2 Å². The van der Waals surface area contributed by atoms with Crippen LogP contribution in [0.4, 0.5) is 40.7 Å². The van der Waals surface area contributed by atoms with Crippen molar-refractivity contribution >= 4 is 38.9 Å². The van der Waals surface area contributed by atoms with Crippen molar-refractivity contribution in [3.8, 4) is 0 Å². The van der Waals surface area contributed by atoms with Crippen LogP contribution in [-0.4, -0.2) is 75.1 Å². The number of nitrogens with zero attached hydrogens (tertiary/aromatic N) is 4. The molecule has 33 heavy (non-hydrogen) atoms. The van der Waals surface area contributed by atoms with Gasteiger partial charge in [-0.1, -0.05) is 12.1 Å². The van der Waals surface area contributed by atoms with Crippen LogP contribution in [0.1, 0.15) is 0 Å². The number of fused-ring (bicyclic) bond motifs is 1. The number of hydrogen-bond acceptors (Lipinski definition) is 5. The van der Waals surface area contributed by atoms with E-state index in [9.17, 15) is 31.5 Å². The maximum atomic E-state index is 12.5.